The summed E-state index contributed by atoms with van der Waals surface area (Å²) in [6, 6.07) is 14.5. The molecule has 142 valence electrons. The van der Waals surface area contributed by atoms with Gasteiger partial charge in [0.05, 0.1) is 5.02 Å². The number of carbonyl (C=O) groups excluding carboxylic acids is 1. The minimum atomic E-state index is -0.268. The Morgan fingerprint density at radius 2 is 1.96 bits per heavy atom. The lowest BCUT2D eigenvalue weighted by atomic mass is 10.1. The van der Waals surface area contributed by atoms with Gasteiger partial charge in [-0.3, -0.25) is 4.79 Å². The van der Waals surface area contributed by atoms with Crippen LogP contribution in [0.15, 0.2) is 52.9 Å². The van der Waals surface area contributed by atoms with Gasteiger partial charge in [-0.15, -0.1) is 11.3 Å². The van der Waals surface area contributed by atoms with Crippen LogP contribution in [-0.2, 0) is 6.61 Å². The number of hydrogen-bond acceptors (Lipinski definition) is 4. The summed E-state index contributed by atoms with van der Waals surface area (Å²) in [5.74, 6) is 0.908. The molecule has 2 N–H and O–H groups in total. The summed E-state index contributed by atoms with van der Waals surface area (Å²) in [7, 11) is 0. The summed E-state index contributed by atoms with van der Waals surface area (Å²) in [5, 5.41) is 13.9. The molecule has 4 rings (SSSR count). The predicted molar refractivity (Wildman–Crippen MR) is 115 cm³/mol. The number of aliphatic hydroxyl groups is 1. The fourth-order valence-electron chi connectivity index (χ4n) is 3.00. The molecule has 0 radical (unpaired) electrons. The largest absolute Gasteiger partial charge is 0.459 e. The normalized spacial score (nSPS) is 11.1. The summed E-state index contributed by atoms with van der Waals surface area (Å²) in [5.41, 5.74) is 2.49. The zero-order valence-electron chi connectivity index (χ0n) is 14.8. The lowest BCUT2D eigenvalue weighted by Gasteiger charge is -2.08. The molecular formula is C21H15Cl2NO3S. The Balaban J connectivity index is 1.60. The fourth-order valence-corrected chi connectivity index (χ4v) is 4.69. The second-order valence-corrected chi connectivity index (χ2v) is 8.16. The quantitative estimate of drug-likeness (QED) is 0.386. The number of amides is 1. The van der Waals surface area contributed by atoms with E-state index in [1.54, 1.807) is 24.3 Å². The standard InChI is InChI=1S/C21H15Cl2NO3S/c1-11-8-13(3-6-15(11)17-7-4-14(10-25)27-17)24-21(26)20-19(23)16-5-2-12(22)9-18(16)28-20/h2-9,25H,10H2,1H3,(H,24,26). The van der Waals surface area contributed by atoms with Crippen molar-refractivity contribution in [3.63, 3.8) is 0 Å². The Bertz CT molecular complexity index is 1200. The Hall–Kier alpha value is -2.31. The van der Waals surface area contributed by atoms with Crippen molar-refractivity contribution in [1.29, 1.82) is 0 Å². The van der Waals surface area contributed by atoms with Crippen molar-refractivity contribution in [1.82, 2.24) is 0 Å². The number of benzene rings is 2. The summed E-state index contributed by atoms with van der Waals surface area (Å²) in [4.78, 5) is 13.2. The molecule has 2 heterocycles. The number of thiophene rings is 1. The van der Waals surface area contributed by atoms with Crippen LogP contribution in [0, 0.1) is 6.92 Å². The molecule has 2 aromatic carbocycles. The topological polar surface area (TPSA) is 62.5 Å². The summed E-state index contributed by atoms with van der Waals surface area (Å²) in [6.07, 6.45) is 0. The van der Waals surface area contributed by atoms with Crippen LogP contribution in [-0.4, -0.2) is 11.0 Å². The molecule has 0 spiro atoms. The van der Waals surface area contributed by atoms with E-state index in [1.807, 2.05) is 31.2 Å². The van der Waals surface area contributed by atoms with E-state index in [2.05, 4.69) is 5.32 Å². The first-order chi connectivity index (χ1) is 13.5. The summed E-state index contributed by atoms with van der Waals surface area (Å²) >= 11 is 13.7. The van der Waals surface area contributed by atoms with Crippen molar-refractivity contribution in [3.05, 3.63) is 74.8 Å². The average Bonchev–Trinajstić information content (AvgIpc) is 3.26. The Kier molecular flexibility index (Phi) is 5.17. The molecule has 0 atom stereocenters. The van der Waals surface area contributed by atoms with Crippen LogP contribution in [0.5, 0.6) is 0 Å². The molecule has 0 unspecified atom stereocenters. The molecule has 0 aliphatic carbocycles. The van der Waals surface area contributed by atoms with Gasteiger partial charge in [0.2, 0.25) is 0 Å². The Morgan fingerprint density at radius 1 is 1.14 bits per heavy atom. The maximum atomic E-state index is 12.7. The smallest absolute Gasteiger partial charge is 0.267 e. The van der Waals surface area contributed by atoms with Crippen molar-refractivity contribution in [2.75, 3.05) is 5.32 Å². The van der Waals surface area contributed by atoms with Crippen LogP contribution in [0.25, 0.3) is 21.4 Å². The molecule has 0 bridgehead atoms. The number of fused-ring (bicyclic) bond motifs is 1. The average molecular weight is 432 g/mol. The van der Waals surface area contributed by atoms with Gasteiger partial charge in [-0.05, 0) is 55.0 Å². The number of aryl methyl sites for hydroxylation is 1. The first-order valence-corrected chi connectivity index (χ1v) is 10.0. The van der Waals surface area contributed by atoms with Crippen molar-refractivity contribution < 1.29 is 14.3 Å². The van der Waals surface area contributed by atoms with E-state index < -0.39 is 0 Å². The number of rotatable bonds is 4. The SMILES string of the molecule is Cc1cc(NC(=O)c2sc3cc(Cl)ccc3c2Cl)ccc1-c1ccc(CO)o1. The van der Waals surface area contributed by atoms with E-state index in [-0.39, 0.29) is 12.5 Å². The van der Waals surface area contributed by atoms with Crippen LogP contribution in [0.3, 0.4) is 0 Å². The summed E-state index contributed by atoms with van der Waals surface area (Å²) in [6.45, 7) is 1.79. The first kappa shape index (κ1) is 19.0. The fraction of sp³-hybridized carbons (Fsp3) is 0.0952. The minimum Gasteiger partial charge on any atom is -0.459 e. The Labute approximate surface area is 175 Å². The molecule has 28 heavy (non-hydrogen) atoms. The van der Waals surface area contributed by atoms with Gasteiger partial charge < -0.3 is 14.8 Å². The van der Waals surface area contributed by atoms with Gasteiger partial charge in [-0.25, -0.2) is 0 Å². The maximum Gasteiger partial charge on any atom is 0.267 e. The zero-order valence-corrected chi connectivity index (χ0v) is 17.1. The van der Waals surface area contributed by atoms with Crippen molar-refractivity contribution >= 4 is 56.2 Å². The monoisotopic (exact) mass is 431 g/mol. The first-order valence-electron chi connectivity index (χ1n) is 8.46. The molecule has 0 saturated carbocycles. The van der Waals surface area contributed by atoms with Gasteiger partial charge in [-0.1, -0.05) is 29.3 Å². The zero-order chi connectivity index (χ0) is 19.8. The van der Waals surface area contributed by atoms with Gasteiger partial charge in [0, 0.05) is 26.4 Å². The molecule has 4 nitrogen and oxygen atoms in total. The number of aliphatic hydroxyl groups excluding tert-OH is 1. The second kappa shape index (κ2) is 7.60. The van der Waals surface area contributed by atoms with Crippen LogP contribution in [0.1, 0.15) is 21.0 Å². The van der Waals surface area contributed by atoms with Crippen LogP contribution in [0.4, 0.5) is 5.69 Å². The number of carbonyl (C=O) groups is 1. The van der Waals surface area contributed by atoms with Crippen LogP contribution < -0.4 is 5.32 Å². The van der Waals surface area contributed by atoms with E-state index in [9.17, 15) is 4.79 Å². The third-order valence-corrected chi connectivity index (χ3v) is 6.26. The molecule has 2 aromatic heterocycles. The lowest BCUT2D eigenvalue weighted by Crippen LogP contribution is -2.10. The van der Waals surface area contributed by atoms with Crippen molar-refractivity contribution in [3.8, 4) is 11.3 Å². The lowest BCUT2D eigenvalue weighted by molar-refractivity contribution is 0.103. The van der Waals surface area contributed by atoms with Gasteiger partial charge in [0.15, 0.2) is 0 Å². The molecule has 0 aliphatic rings. The van der Waals surface area contributed by atoms with Crippen molar-refractivity contribution in [2.24, 2.45) is 0 Å². The van der Waals surface area contributed by atoms with E-state index in [4.69, 9.17) is 32.7 Å². The van der Waals surface area contributed by atoms with Gasteiger partial charge in [0.1, 0.15) is 23.0 Å². The van der Waals surface area contributed by atoms with Crippen LogP contribution in [0.2, 0.25) is 10.0 Å². The highest BCUT2D eigenvalue weighted by Crippen LogP contribution is 2.37. The molecular weight excluding hydrogens is 417 g/mol. The second-order valence-electron chi connectivity index (χ2n) is 6.29. The molecule has 7 heteroatoms. The maximum absolute atomic E-state index is 12.7. The molecule has 4 aromatic rings. The predicted octanol–water partition coefficient (Wildman–Crippen LogP) is 6.52. The van der Waals surface area contributed by atoms with Gasteiger partial charge >= 0.3 is 0 Å². The Morgan fingerprint density at radius 3 is 2.68 bits per heavy atom. The third-order valence-electron chi connectivity index (χ3n) is 4.36. The molecule has 1 amide bonds. The molecule has 0 fully saturated rings. The van der Waals surface area contributed by atoms with E-state index in [0.29, 0.717) is 32.1 Å². The number of nitrogens with one attached hydrogen (secondary N) is 1. The number of hydrogen-bond donors (Lipinski definition) is 2. The number of anilines is 1. The number of furan rings is 1. The van der Waals surface area contributed by atoms with Gasteiger partial charge in [0.25, 0.3) is 5.91 Å². The number of halogens is 2. The highest BCUT2D eigenvalue weighted by Gasteiger charge is 2.18. The van der Waals surface area contributed by atoms with E-state index >= 15 is 0 Å². The molecule has 0 saturated heterocycles. The highest BCUT2D eigenvalue weighted by atomic mass is 35.5. The van der Waals surface area contributed by atoms with Crippen LogP contribution >= 0.6 is 34.5 Å². The van der Waals surface area contributed by atoms with Crippen molar-refractivity contribution in [2.45, 2.75) is 13.5 Å². The third kappa shape index (κ3) is 3.54. The highest BCUT2D eigenvalue weighted by molar-refractivity contribution is 7.21. The van der Waals surface area contributed by atoms with Gasteiger partial charge in [-0.2, -0.15) is 0 Å². The van der Waals surface area contributed by atoms with E-state index in [1.165, 1.54) is 11.3 Å². The molecule has 0 aliphatic heterocycles. The van der Waals surface area contributed by atoms with E-state index in [0.717, 1.165) is 21.2 Å². The minimum absolute atomic E-state index is 0.145. The summed E-state index contributed by atoms with van der Waals surface area (Å²) < 4.78 is 6.45.